The summed E-state index contributed by atoms with van der Waals surface area (Å²) < 4.78 is 0. The van der Waals surface area contributed by atoms with Gasteiger partial charge in [0.05, 0.1) is 0 Å². The van der Waals surface area contributed by atoms with Gasteiger partial charge in [0.25, 0.3) is 0 Å². The van der Waals surface area contributed by atoms with Gasteiger partial charge in [-0.2, -0.15) is 0 Å². The molecular weight excluding hydrogens is 302 g/mol. The van der Waals surface area contributed by atoms with Gasteiger partial charge in [-0.15, -0.1) is 0 Å². The van der Waals surface area contributed by atoms with Gasteiger partial charge in [-0.3, -0.25) is 0 Å². The summed E-state index contributed by atoms with van der Waals surface area (Å²) >= 11 is 0. The zero-order valence-electron chi connectivity index (χ0n) is 1.93. The SMILES string of the molecule is [Se+2].[Se-2].[Se-2].[Zn+2]. The Kier molecular flexibility index (Phi) is 166. The molecule has 0 aromatic heterocycles. The Hall–Kier alpha value is 2.18. The van der Waals surface area contributed by atoms with E-state index in [0.717, 1.165) is 0 Å². The molecule has 0 saturated carbocycles. The Morgan fingerprint density at radius 3 is 0.750 bits per heavy atom. The monoisotopic (exact) mass is 304 g/mol. The Balaban J connectivity index is 0. The molecule has 4 heteroatoms. The van der Waals surface area contributed by atoms with E-state index in [4.69, 9.17) is 0 Å². The Bertz CT molecular complexity index is 3.25. The number of rotatable bonds is 0. The summed E-state index contributed by atoms with van der Waals surface area (Å²) in [5.74, 6) is 0. The molecule has 0 aromatic rings. The fraction of sp³-hybridized carbons (Fsp3) is 0. The van der Waals surface area contributed by atoms with Crippen LogP contribution >= 0.6 is 0 Å². The van der Waals surface area contributed by atoms with Crippen LogP contribution in [-0.4, -0.2) is 51.2 Å². The van der Waals surface area contributed by atoms with Crippen LogP contribution in [0.3, 0.4) is 0 Å². The minimum Gasteiger partial charge on any atom is -2.00 e. The van der Waals surface area contributed by atoms with Crippen molar-refractivity contribution < 1.29 is 19.5 Å². The number of hydrogen-bond acceptors (Lipinski definition) is 0. The molecule has 0 aliphatic rings. The van der Waals surface area contributed by atoms with E-state index in [9.17, 15) is 0 Å². The van der Waals surface area contributed by atoms with Crippen molar-refractivity contribution in [2.24, 2.45) is 0 Å². The molecule has 20 valence electrons. The second-order valence-electron chi connectivity index (χ2n) is 0. The van der Waals surface area contributed by atoms with E-state index < -0.39 is 0 Å². The summed E-state index contributed by atoms with van der Waals surface area (Å²) in [6.07, 6.45) is 0. The molecule has 0 aliphatic heterocycles. The van der Waals surface area contributed by atoms with Crippen LogP contribution in [0.5, 0.6) is 0 Å². The quantitative estimate of drug-likeness (QED) is 0.496. The van der Waals surface area contributed by atoms with Crippen LogP contribution in [0, 0.1) is 0 Å². The second kappa shape index (κ2) is 19.0. The van der Waals surface area contributed by atoms with Crippen LogP contribution in [0.1, 0.15) is 0 Å². The fourth-order valence-corrected chi connectivity index (χ4v) is 0. The molecule has 0 atom stereocenters. The van der Waals surface area contributed by atoms with Crippen molar-refractivity contribution in [2.75, 3.05) is 0 Å². The zero-order valence-corrected chi connectivity index (χ0v) is 10.0. The molecule has 0 heterocycles. The van der Waals surface area contributed by atoms with Crippen molar-refractivity contribution in [2.45, 2.75) is 0 Å². The number of hydrogen-bond donors (Lipinski definition) is 0. The first kappa shape index (κ1) is 34.9. The Morgan fingerprint density at radius 1 is 0.750 bits per heavy atom. The summed E-state index contributed by atoms with van der Waals surface area (Å²) in [6, 6.07) is 0. The van der Waals surface area contributed by atoms with Crippen molar-refractivity contribution in [3.8, 4) is 0 Å². The minimum atomic E-state index is 0. The molecule has 0 N–H and O–H groups in total. The summed E-state index contributed by atoms with van der Waals surface area (Å²) in [7, 11) is 0. The molecule has 4 heavy (non-hydrogen) atoms. The Labute approximate surface area is 70.0 Å². The molecule has 0 nitrogen and oxygen atoms in total. The average molecular weight is 302 g/mol. The van der Waals surface area contributed by atoms with Gasteiger partial charge in [0.2, 0.25) is 0 Å². The smallest absolute Gasteiger partial charge is 2.00 e. The molecule has 0 rings (SSSR count). The van der Waals surface area contributed by atoms with Crippen molar-refractivity contribution >= 4 is 51.2 Å². The fourth-order valence-electron chi connectivity index (χ4n) is 0. The molecule has 0 amide bonds. The minimum absolute atomic E-state index is 0. The molecule has 0 unspecified atom stereocenters. The van der Waals surface area contributed by atoms with Gasteiger partial charge < -0.3 is 34.1 Å². The first-order chi connectivity index (χ1) is 0. The van der Waals surface area contributed by atoms with Gasteiger partial charge in [-0.1, -0.05) is 0 Å². The largest absolute Gasteiger partial charge is 2.00 e. The first-order valence-electron chi connectivity index (χ1n) is 0. The van der Waals surface area contributed by atoms with Gasteiger partial charge in [-0.05, 0) is 0 Å². The maximum absolute atomic E-state index is 0. The molecule has 0 aliphatic carbocycles. The molecule has 0 spiro atoms. The van der Waals surface area contributed by atoms with Gasteiger partial charge in [0.15, 0.2) is 0 Å². The normalized spacial score (nSPS) is 0. The standard InChI is InChI=1S/3Se.Zn/q2*-2;2*+2. The third-order valence-electron chi connectivity index (χ3n) is 0. The van der Waals surface area contributed by atoms with Crippen LogP contribution in [0.25, 0.3) is 0 Å². The predicted molar refractivity (Wildman–Crippen MR) is 17.3 cm³/mol. The summed E-state index contributed by atoms with van der Waals surface area (Å²) in [4.78, 5) is 0. The molecule has 4 radical (unpaired) electrons. The van der Waals surface area contributed by atoms with Crippen LogP contribution < -0.4 is 0 Å². The van der Waals surface area contributed by atoms with E-state index in [1.807, 2.05) is 0 Å². The van der Waals surface area contributed by atoms with Gasteiger partial charge in [0, 0.05) is 0 Å². The van der Waals surface area contributed by atoms with Crippen LogP contribution in [0.15, 0.2) is 0 Å². The summed E-state index contributed by atoms with van der Waals surface area (Å²) in [5.41, 5.74) is 0. The van der Waals surface area contributed by atoms with Crippen molar-refractivity contribution in [1.82, 2.24) is 0 Å². The first-order valence-corrected chi connectivity index (χ1v) is 0. The molecule has 0 aromatic carbocycles. The van der Waals surface area contributed by atoms with E-state index >= 15 is 0 Å². The zero-order chi connectivity index (χ0) is 0. The third-order valence-corrected chi connectivity index (χ3v) is 0. The van der Waals surface area contributed by atoms with E-state index in [0.29, 0.717) is 0 Å². The van der Waals surface area contributed by atoms with Crippen LogP contribution in [-0.2, 0) is 19.5 Å². The van der Waals surface area contributed by atoms with E-state index in [2.05, 4.69) is 0 Å². The van der Waals surface area contributed by atoms with E-state index in [1.54, 1.807) is 0 Å². The molecular formula is Se3Zn. The second-order valence-corrected chi connectivity index (χ2v) is 0. The maximum atomic E-state index is 0. The van der Waals surface area contributed by atoms with Gasteiger partial charge in [0.1, 0.15) is 0 Å². The van der Waals surface area contributed by atoms with Crippen molar-refractivity contribution in [3.05, 3.63) is 0 Å². The summed E-state index contributed by atoms with van der Waals surface area (Å²) in [5, 5.41) is 0. The van der Waals surface area contributed by atoms with E-state index in [-0.39, 0.29) is 70.7 Å². The Morgan fingerprint density at radius 2 is 0.750 bits per heavy atom. The van der Waals surface area contributed by atoms with Crippen molar-refractivity contribution in [3.63, 3.8) is 0 Å². The average Bonchev–Trinajstić information content (AvgIpc) is 0. The van der Waals surface area contributed by atoms with Gasteiger partial charge in [-0.25, -0.2) is 0 Å². The third kappa shape index (κ3) is 8.89. The predicted octanol–water partition coefficient (Wildman–Crippen LogP) is -1.14. The molecule has 0 fully saturated rings. The van der Waals surface area contributed by atoms with Crippen LogP contribution in [0.2, 0.25) is 0 Å². The van der Waals surface area contributed by atoms with Gasteiger partial charge >= 0.3 is 36.5 Å². The maximum Gasteiger partial charge on any atom is 2.00 e. The topological polar surface area (TPSA) is 0 Å². The molecule has 0 saturated heterocycles. The van der Waals surface area contributed by atoms with Crippen molar-refractivity contribution in [1.29, 1.82) is 0 Å². The summed E-state index contributed by atoms with van der Waals surface area (Å²) in [6.45, 7) is 0. The molecule has 0 bridgehead atoms. The van der Waals surface area contributed by atoms with Crippen LogP contribution in [0.4, 0.5) is 0 Å². The van der Waals surface area contributed by atoms with E-state index in [1.165, 1.54) is 0 Å².